The molecule has 27 heavy (non-hydrogen) atoms. The second-order valence-electron chi connectivity index (χ2n) is 7.47. The lowest BCUT2D eigenvalue weighted by atomic mass is 10.2. The summed E-state index contributed by atoms with van der Waals surface area (Å²) < 4.78 is 1.32. The number of hydrogen-bond donors (Lipinski definition) is 1. The minimum Gasteiger partial charge on any atom is -0.358 e. The van der Waals surface area contributed by atoms with Gasteiger partial charge < -0.3 is 20.0 Å². The predicted octanol–water partition coefficient (Wildman–Crippen LogP) is 2.15. The number of likely N-dealkylation sites (N-methyl/N-ethyl adjacent to an activating group) is 1. The molecular weight excluding hydrogens is 451 g/mol. The van der Waals surface area contributed by atoms with Crippen molar-refractivity contribution in [2.75, 3.05) is 46.4 Å². The van der Waals surface area contributed by atoms with Crippen molar-refractivity contribution in [2.45, 2.75) is 26.2 Å². The molecule has 3 aliphatic rings. The zero-order valence-corrected chi connectivity index (χ0v) is 18.4. The summed E-state index contributed by atoms with van der Waals surface area (Å²) in [5, 5.41) is 3.46. The molecule has 0 bridgehead atoms. The number of hydrogen-bond acceptors (Lipinski definition) is 6. The largest absolute Gasteiger partial charge is 0.358 e. The number of fused-ring (bicyclic) bond motifs is 1. The summed E-state index contributed by atoms with van der Waals surface area (Å²) in [7, 11) is 2.17. The van der Waals surface area contributed by atoms with Gasteiger partial charge in [0.25, 0.3) is 0 Å². The van der Waals surface area contributed by atoms with Crippen LogP contribution in [0.25, 0.3) is 0 Å². The summed E-state index contributed by atoms with van der Waals surface area (Å²) >= 11 is 2.45. The molecule has 0 spiro atoms. The third-order valence-electron chi connectivity index (χ3n) is 5.40. The van der Waals surface area contributed by atoms with Crippen molar-refractivity contribution in [3.63, 3.8) is 0 Å². The van der Waals surface area contributed by atoms with Gasteiger partial charge in [-0.3, -0.25) is 4.90 Å². The average Bonchev–Trinajstić information content (AvgIpc) is 3.04. The van der Waals surface area contributed by atoms with E-state index >= 15 is 0 Å². The lowest BCUT2D eigenvalue weighted by Gasteiger charge is -2.39. The molecule has 1 atom stereocenters. The minimum absolute atomic E-state index is 0.0911. The fourth-order valence-corrected chi connectivity index (χ4v) is 4.63. The molecule has 0 saturated carbocycles. The maximum Gasteiger partial charge on any atom is 0.181 e. The van der Waals surface area contributed by atoms with Crippen LogP contribution in [-0.2, 0) is 6.54 Å². The molecule has 1 N–H and O–H groups in total. The van der Waals surface area contributed by atoms with Crippen LogP contribution in [-0.4, -0.2) is 78.2 Å². The number of piperazine rings is 1. The Morgan fingerprint density at radius 2 is 2.00 bits per heavy atom. The highest BCUT2D eigenvalue weighted by Gasteiger charge is 2.39. The van der Waals surface area contributed by atoms with Crippen molar-refractivity contribution >= 4 is 28.4 Å². The Morgan fingerprint density at radius 1 is 1.22 bits per heavy atom. The Balaban J connectivity index is 1.67. The van der Waals surface area contributed by atoms with Crippen molar-refractivity contribution in [3.05, 3.63) is 45.3 Å². The van der Waals surface area contributed by atoms with Gasteiger partial charge >= 0.3 is 0 Å². The highest BCUT2D eigenvalue weighted by atomic mass is 127. The summed E-state index contributed by atoms with van der Waals surface area (Å²) in [6, 6.07) is 8.69. The molecule has 7 heteroatoms. The normalized spacial score (nSPS) is 23.4. The lowest BCUT2D eigenvalue weighted by Crippen LogP contribution is -2.52. The molecule has 146 valence electrons. The fourth-order valence-electron chi connectivity index (χ4n) is 4.07. The maximum atomic E-state index is 5.19. The molecule has 0 aliphatic carbocycles. The van der Waals surface area contributed by atoms with Crippen LogP contribution in [0.1, 0.15) is 18.9 Å². The first kappa shape index (κ1) is 19.0. The first-order valence-electron chi connectivity index (χ1n) is 9.87. The summed E-state index contributed by atoms with van der Waals surface area (Å²) in [5.41, 5.74) is 2.63. The Bertz CT molecular complexity index is 727. The van der Waals surface area contributed by atoms with Gasteiger partial charge in [0.05, 0.1) is 12.4 Å². The van der Waals surface area contributed by atoms with E-state index in [2.05, 4.69) is 91.9 Å². The smallest absolute Gasteiger partial charge is 0.181 e. The van der Waals surface area contributed by atoms with Gasteiger partial charge in [0.1, 0.15) is 0 Å². The predicted molar refractivity (Wildman–Crippen MR) is 118 cm³/mol. The molecule has 0 aromatic heterocycles. The van der Waals surface area contributed by atoms with Gasteiger partial charge in [0.15, 0.2) is 12.1 Å². The van der Waals surface area contributed by atoms with Gasteiger partial charge in [0.2, 0.25) is 0 Å². The fraction of sp³-hybridized carbons (Fsp3) is 0.550. The van der Waals surface area contributed by atoms with Crippen LogP contribution in [0.4, 0.5) is 0 Å². The van der Waals surface area contributed by atoms with E-state index in [1.54, 1.807) is 0 Å². The zero-order valence-electron chi connectivity index (χ0n) is 16.2. The van der Waals surface area contributed by atoms with E-state index in [0.717, 1.165) is 58.2 Å². The average molecular weight is 480 g/mol. The van der Waals surface area contributed by atoms with Gasteiger partial charge in [-0.05, 0) is 40.6 Å². The van der Waals surface area contributed by atoms with Crippen LogP contribution >= 0.6 is 22.6 Å². The summed E-state index contributed by atoms with van der Waals surface area (Å²) in [4.78, 5) is 14.9. The molecule has 3 aliphatic heterocycles. The van der Waals surface area contributed by atoms with Gasteiger partial charge in [-0.25, -0.2) is 4.99 Å². The van der Waals surface area contributed by atoms with Crippen molar-refractivity contribution in [1.29, 1.82) is 0 Å². The SMILES string of the molecule is CCCN1C=C2C(=NC(N3CCNCC3)N2Cc2ccccc2I)N(C)C1. The van der Waals surface area contributed by atoms with Crippen molar-refractivity contribution in [3.8, 4) is 0 Å². The van der Waals surface area contributed by atoms with Gasteiger partial charge in [-0.2, -0.15) is 0 Å². The van der Waals surface area contributed by atoms with E-state index < -0.39 is 0 Å². The molecule has 3 heterocycles. The number of aliphatic imine (C=N–C) groups is 1. The van der Waals surface area contributed by atoms with Gasteiger partial charge in [-0.15, -0.1) is 0 Å². The monoisotopic (exact) mass is 480 g/mol. The number of rotatable bonds is 5. The number of nitrogens with one attached hydrogen (secondary N) is 1. The molecule has 1 unspecified atom stereocenters. The highest BCUT2D eigenvalue weighted by molar-refractivity contribution is 14.1. The summed E-state index contributed by atoms with van der Waals surface area (Å²) in [6.07, 6.45) is 3.58. The second kappa shape index (κ2) is 8.36. The van der Waals surface area contributed by atoms with Gasteiger partial charge in [0, 0.05) is 56.1 Å². The van der Waals surface area contributed by atoms with Crippen LogP contribution in [0.2, 0.25) is 0 Å². The molecule has 1 aromatic rings. The van der Waals surface area contributed by atoms with Gasteiger partial charge in [-0.1, -0.05) is 25.1 Å². The third kappa shape index (κ3) is 3.95. The third-order valence-corrected chi connectivity index (χ3v) is 6.46. The number of halogens is 1. The number of benzene rings is 1. The van der Waals surface area contributed by atoms with Crippen LogP contribution in [0.3, 0.4) is 0 Å². The Labute approximate surface area is 176 Å². The Morgan fingerprint density at radius 3 is 2.74 bits per heavy atom. The van der Waals surface area contributed by atoms with E-state index in [-0.39, 0.29) is 6.29 Å². The standard InChI is InChI=1S/C20H29IN6/c1-3-10-25-14-18-19(24(2)15-25)23-20(26-11-8-22-9-12-26)27(18)13-16-6-4-5-7-17(16)21/h4-7,14,20,22H,3,8-13,15H2,1-2H3. The van der Waals surface area contributed by atoms with Crippen LogP contribution in [0.15, 0.2) is 41.2 Å². The first-order valence-corrected chi connectivity index (χ1v) is 10.9. The summed E-state index contributed by atoms with van der Waals surface area (Å²) in [5.74, 6) is 1.14. The Kier molecular flexibility index (Phi) is 5.89. The minimum atomic E-state index is 0.0911. The van der Waals surface area contributed by atoms with Crippen molar-refractivity contribution in [2.24, 2.45) is 4.99 Å². The molecule has 1 saturated heterocycles. The topological polar surface area (TPSA) is 37.4 Å². The molecule has 0 amide bonds. The number of nitrogens with zero attached hydrogens (tertiary/aromatic N) is 5. The van der Waals surface area contributed by atoms with Crippen LogP contribution in [0, 0.1) is 3.57 Å². The quantitative estimate of drug-likeness (QED) is 0.654. The zero-order chi connectivity index (χ0) is 18.8. The lowest BCUT2D eigenvalue weighted by molar-refractivity contribution is 0.0697. The van der Waals surface area contributed by atoms with E-state index in [9.17, 15) is 0 Å². The molecule has 0 radical (unpaired) electrons. The van der Waals surface area contributed by atoms with E-state index in [0.29, 0.717) is 0 Å². The Hall–Kier alpha value is -1.32. The molecule has 4 rings (SSSR count). The molecule has 6 nitrogen and oxygen atoms in total. The number of amidine groups is 1. The second-order valence-corrected chi connectivity index (χ2v) is 8.63. The highest BCUT2D eigenvalue weighted by Crippen LogP contribution is 2.31. The van der Waals surface area contributed by atoms with Crippen molar-refractivity contribution in [1.82, 2.24) is 24.9 Å². The van der Waals surface area contributed by atoms with Crippen molar-refractivity contribution < 1.29 is 0 Å². The molecule has 1 fully saturated rings. The summed E-state index contributed by atoms with van der Waals surface area (Å²) in [6.45, 7) is 9.28. The van der Waals surface area contributed by atoms with E-state index in [4.69, 9.17) is 4.99 Å². The maximum absolute atomic E-state index is 5.19. The van der Waals surface area contributed by atoms with E-state index in [1.165, 1.54) is 14.8 Å². The molecule has 1 aromatic carbocycles. The van der Waals surface area contributed by atoms with Crippen LogP contribution in [0.5, 0.6) is 0 Å². The first-order chi connectivity index (χ1) is 13.2. The van der Waals surface area contributed by atoms with Crippen LogP contribution < -0.4 is 5.32 Å². The van der Waals surface area contributed by atoms with E-state index in [1.807, 2.05) is 0 Å². The molecular formula is C20H29IN6.